The highest BCUT2D eigenvalue weighted by atomic mass is 16.3. The molecule has 0 fully saturated rings. The number of nitrogens with zero attached hydrogens (tertiary/aromatic N) is 2. The Labute approximate surface area is 101 Å². The molecule has 2 rings (SSSR count). The molecule has 1 aromatic carbocycles. The van der Waals surface area contributed by atoms with E-state index in [9.17, 15) is 0 Å². The number of hydrogen-bond acceptors (Lipinski definition) is 3. The van der Waals surface area contributed by atoms with Gasteiger partial charge in [0.2, 0.25) is 0 Å². The Morgan fingerprint density at radius 3 is 2.71 bits per heavy atom. The molecular weight excluding hydrogens is 214 g/mol. The van der Waals surface area contributed by atoms with E-state index in [1.165, 1.54) is 5.56 Å². The van der Waals surface area contributed by atoms with Gasteiger partial charge in [-0.3, -0.25) is 0 Å². The van der Waals surface area contributed by atoms with Gasteiger partial charge in [-0.05, 0) is 12.5 Å². The molecule has 0 aliphatic heterocycles. The monoisotopic (exact) mass is 231 g/mol. The van der Waals surface area contributed by atoms with Crippen LogP contribution in [0.15, 0.2) is 42.9 Å². The van der Waals surface area contributed by atoms with Crippen LogP contribution in [0.5, 0.6) is 0 Å². The van der Waals surface area contributed by atoms with Crippen LogP contribution >= 0.6 is 0 Å². The fourth-order valence-electron chi connectivity index (χ4n) is 1.91. The van der Waals surface area contributed by atoms with Crippen LogP contribution in [0.3, 0.4) is 0 Å². The molecule has 2 unspecified atom stereocenters. The molecule has 1 heterocycles. The highest BCUT2D eigenvalue weighted by molar-refractivity contribution is 5.21. The summed E-state index contributed by atoms with van der Waals surface area (Å²) in [6, 6.07) is 9.92. The van der Waals surface area contributed by atoms with Gasteiger partial charge in [0.15, 0.2) is 0 Å². The van der Waals surface area contributed by atoms with Gasteiger partial charge in [-0.1, -0.05) is 30.3 Å². The molecule has 4 nitrogen and oxygen atoms in total. The molecule has 0 aliphatic carbocycles. The van der Waals surface area contributed by atoms with Crippen LogP contribution in [0.2, 0.25) is 0 Å². The van der Waals surface area contributed by atoms with Gasteiger partial charge in [-0.2, -0.15) is 0 Å². The summed E-state index contributed by atoms with van der Waals surface area (Å²) in [5, 5.41) is 9.12. The van der Waals surface area contributed by atoms with Gasteiger partial charge in [0.05, 0.1) is 30.7 Å². The molecule has 0 saturated heterocycles. The van der Waals surface area contributed by atoms with Crippen LogP contribution in [0, 0.1) is 0 Å². The molecule has 4 heteroatoms. The van der Waals surface area contributed by atoms with Crippen molar-refractivity contribution in [3.63, 3.8) is 0 Å². The standard InChI is InChI=1S/C13H17N3O/c1-10(11-5-3-2-4-6-11)16-9-15-7-13(16)12(14)8-17/h2-7,9-10,12,17H,8,14H2,1H3. The molecule has 90 valence electrons. The number of benzene rings is 1. The van der Waals surface area contributed by atoms with Crippen molar-refractivity contribution in [3.05, 3.63) is 54.1 Å². The Balaban J connectivity index is 2.32. The summed E-state index contributed by atoms with van der Waals surface area (Å²) in [5.41, 5.74) is 7.89. The van der Waals surface area contributed by atoms with Crippen molar-refractivity contribution in [2.24, 2.45) is 5.73 Å². The maximum absolute atomic E-state index is 9.12. The molecule has 2 atom stereocenters. The predicted octanol–water partition coefficient (Wildman–Crippen LogP) is 1.48. The molecule has 0 radical (unpaired) electrons. The summed E-state index contributed by atoms with van der Waals surface area (Å²) < 4.78 is 2.00. The number of hydrogen-bond donors (Lipinski definition) is 2. The highest BCUT2D eigenvalue weighted by Crippen LogP contribution is 2.21. The van der Waals surface area contributed by atoms with Gasteiger partial charge in [0.1, 0.15) is 0 Å². The fourth-order valence-corrected chi connectivity index (χ4v) is 1.91. The van der Waals surface area contributed by atoms with E-state index in [0.29, 0.717) is 0 Å². The molecule has 1 aromatic heterocycles. The average Bonchev–Trinajstić information content (AvgIpc) is 2.87. The van der Waals surface area contributed by atoms with E-state index in [4.69, 9.17) is 10.8 Å². The largest absolute Gasteiger partial charge is 0.394 e. The van der Waals surface area contributed by atoms with Gasteiger partial charge in [0.25, 0.3) is 0 Å². The Morgan fingerprint density at radius 1 is 1.35 bits per heavy atom. The first-order chi connectivity index (χ1) is 8.24. The first kappa shape index (κ1) is 11.8. The first-order valence-electron chi connectivity index (χ1n) is 5.67. The van der Waals surface area contributed by atoms with Crippen LogP contribution in [0.1, 0.15) is 30.3 Å². The molecule has 2 aromatic rings. The topological polar surface area (TPSA) is 64.1 Å². The third-order valence-electron chi connectivity index (χ3n) is 2.97. The van der Waals surface area contributed by atoms with Crippen molar-refractivity contribution >= 4 is 0 Å². The Bertz CT molecular complexity index is 467. The summed E-state index contributed by atoms with van der Waals surface area (Å²) in [5.74, 6) is 0. The smallest absolute Gasteiger partial charge is 0.0954 e. The molecule has 0 aliphatic rings. The number of aromatic nitrogens is 2. The van der Waals surface area contributed by atoms with Crippen LogP contribution in [0.25, 0.3) is 0 Å². The molecule has 0 spiro atoms. The van der Waals surface area contributed by atoms with Crippen molar-refractivity contribution < 1.29 is 5.11 Å². The van der Waals surface area contributed by atoms with E-state index in [1.807, 2.05) is 22.8 Å². The predicted molar refractivity (Wildman–Crippen MR) is 66.5 cm³/mol. The molecule has 0 amide bonds. The third-order valence-corrected chi connectivity index (χ3v) is 2.97. The maximum Gasteiger partial charge on any atom is 0.0954 e. The lowest BCUT2D eigenvalue weighted by Crippen LogP contribution is -2.20. The minimum atomic E-state index is -0.385. The highest BCUT2D eigenvalue weighted by Gasteiger charge is 2.15. The second-order valence-electron chi connectivity index (χ2n) is 4.10. The fraction of sp³-hybridized carbons (Fsp3) is 0.308. The molecular formula is C13H17N3O. The molecule has 0 saturated carbocycles. The van der Waals surface area contributed by atoms with Gasteiger partial charge >= 0.3 is 0 Å². The zero-order valence-corrected chi connectivity index (χ0v) is 9.82. The van der Waals surface area contributed by atoms with Crippen LogP contribution < -0.4 is 5.73 Å². The first-order valence-corrected chi connectivity index (χ1v) is 5.67. The number of aliphatic hydroxyl groups excluding tert-OH is 1. The zero-order valence-electron chi connectivity index (χ0n) is 9.82. The number of imidazole rings is 1. The van der Waals surface area contributed by atoms with E-state index in [-0.39, 0.29) is 18.7 Å². The lowest BCUT2D eigenvalue weighted by atomic mass is 10.1. The summed E-state index contributed by atoms with van der Waals surface area (Å²) in [7, 11) is 0. The van der Waals surface area contributed by atoms with Crippen molar-refractivity contribution in [1.82, 2.24) is 9.55 Å². The Hall–Kier alpha value is -1.65. The quantitative estimate of drug-likeness (QED) is 0.837. The van der Waals surface area contributed by atoms with E-state index < -0.39 is 0 Å². The third kappa shape index (κ3) is 2.38. The second kappa shape index (κ2) is 5.12. The minimum Gasteiger partial charge on any atom is -0.394 e. The summed E-state index contributed by atoms with van der Waals surface area (Å²) >= 11 is 0. The zero-order chi connectivity index (χ0) is 12.3. The second-order valence-corrected chi connectivity index (χ2v) is 4.10. The lowest BCUT2D eigenvalue weighted by Gasteiger charge is -2.19. The maximum atomic E-state index is 9.12. The summed E-state index contributed by atoms with van der Waals surface area (Å²) in [6.45, 7) is 2.01. The molecule has 3 N–H and O–H groups in total. The van der Waals surface area contributed by atoms with Crippen LogP contribution in [-0.4, -0.2) is 21.3 Å². The van der Waals surface area contributed by atoms with Crippen molar-refractivity contribution in [3.8, 4) is 0 Å². The number of nitrogens with two attached hydrogens (primary N) is 1. The van der Waals surface area contributed by atoms with Crippen LogP contribution in [0.4, 0.5) is 0 Å². The van der Waals surface area contributed by atoms with Gasteiger partial charge < -0.3 is 15.4 Å². The van der Waals surface area contributed by atoms with E-state index in [1.54, 1.807) is 12.5 Å². The van der Waals surface area contributed by atoms with Crippen molar-refractivity contribution in [2.45, 2.75) is 19.0 Å². The number of aliphatic hydroxyl groups is 1. The van der Waals surface area contributed by atoms with Crippen molar-refractivity contribution in [1.29, 1.82) is 0 Å². The van der Waals surface area contributed by atoms with Gasteiger partial charge in [0, 0.05) is 6.20 Å². The lowest BCUT2D eigenvalue weighted by molar-refractivity contribution is 0.262. The van der Waals surface area contributed by atoms with Gasteiger partial charge in [-0.25, -0.2) is 4.98 Å². The van der Waals surface area contributed by atoms with E-state index in [0.717, 1.165) is 5.69 Å². The minimum absolute atomic E-state index is 0.0762. The van der Waals surface area contributed by atoms with Crippen LogP contribution in [-0.2, 0) is 0 Å². The summed E-state index contributed by atoms with van der Waals surface area (Å²) in [4.78, 5) is 4.11. The van der Waals surface area contributed by atoms with E-state index in [2.05, 4.69) is 24.0 Å². The van der Waals surface area contributed by atoms with E-state index >= 15 is 0 Å². The Kier molecular flexibility index (Phi) is 3.56. The molecule has 17 heavy (non-hydrogen) atoms. The Morgan fingerprint density at radius 2 is 2.06 bits per heavy atom. The summed E-state index contributed by atoms with van der Waals surface area (Å²) in [6.07, 6.45) is 3.46. The average molecular weight is 231 g/mol. The SMILES string of the molecule is CC(c1ccccc1)n1cncc1C(N)CO. The van der Waals surface area contributed by atoms with Crippen molar-refractivity contribution in [2.75, 3.05) is 6.61 Å². The molecule has 0 bridgehead atoms. The normalized spacial score (nSPS) is 14.5. The van der Waals surface area contributed by atoms with Gasteiger partial charge in [-0.15, -0.1) is 0 Å². The number of rotatable bonds is 4.